The van der Waals surface area contributed by atoms with Crippen LogP contribution < -0.4 is 5.73 Å². The molecule has 1 unspecified atom stereocenters. The SMILES string of the molecule is NC(CSCCCO)C1CC1. The van der Waals surface area contributed by atoms with Crippen molar-refractivity contribution in [3.05, 3.63) is 0 Å². The Morgan fingerprint density at radius 2 is 2.27 bits per heavy atom. The highest BCUT2D eigenvalue weighted by Gasteiger charge is 2.27. The van der Waals surface area contributed by atoms with E-state index in [9.17, 15) is 0 Å². The first-order valence-corrected chi connectivity index (χ1v) is 5.44. The molecule has 0 amide bonds. The van der Waals surface area contributed by atoms with E-state index in [0.29, 0.717) is 12.6 Å². The van der Waals surface area contributed by atoms with Gasteiger partial charge < -0.3 is 10.8 Å². The normalized spacial score (nSPS) is 20.2. The van der Waals surface area contributed by atoms with Gasteiger partial charge in [0.25, 0.3) is 0 Å². The van der Waals surface area contributed by atoms with Gasteiger partial charge in [0, 0.05) is 18.4 Å². The van der Waals surface area contributed by atoms with E-state index in [2.05, 4.69) is 0 Å². The number of thioether (sulfide) groups is 1. The summed E-state index contributed by atoms with van der Waals surface area (Å²) in [6.07, 6.45) is 3.57. The Morgan fingerprint density at radius 1 is 1.55 bits per heavy atom. The molecule has 66 valence electrons. The van der Waals surface area contributed by atoms with Gasteiger partial charge in [-0.3, -0.25) is 0 Å². The summed E-state index contributed by atoms with van der Waals surface area (Å²) in [5.41, 5.74) is 5.88. The van der Waals surface area contributed by atoms with Gasteiger partial charge in [-0.25, -0.2) is 0 Å². The molecule has 0 spiro atoms. The van der Waals surface area contributed by atoms with Gasteiger partial charge >= 0.3 is 0 Å². The fraction of sp³-hybridized carbons (Fsp3) is 1.00. The lowest BCUT2D eigenvalue weighted by Crippen LogP contribution is -2.25. The molecule has 3 N–H and O–H groups in total. The van der Waals surface area contributed by atoms with Crippen LogP contribution in [0.1, 0.15) is 19.3 Å². The van der Waals surface area contributed by atoms with Crippen molar-refractivity contribution in [2.45, 2.75) is 25.3 Å². The molecule has 11 heavy (non-hydrogen) atoms. The number of aliphatic hydroxyl groups is 1. The number of aliphatic hydroxyl groups excluding tert-OH is 1. The molecule has 0 aliphatic heterocycles. The van der Waals surface area contributed by atoms with Crippen LogP contribution in [0, 0.1) is 5.92 Å². The highest BCUT2D eigenvalue weighted by molar-refractivity contribution is 7.99. The van der Waals surface area contributed by atoms with Crippen molar-refractivity contribution < 1.29 is 5.11 Å². The highest BCUT2D eigenvalue weighted by Crippen LogP contribution is 2.32. The second-order valence-electron chi connectivity index (χ2n) is 3.15. The molecule has 3 heteroatoms. The minimum atomic E-state index is 0.311. The average Bonchev–Trinajstić information content (AvgIpc) is 2.79. The van der Waals surface area contributed by atoms with Gasteiger partial charge in [0.2, 0.25) is 0 Å². The van der Waals surface area contributed by atoms with Crippen LogP contribution in [0.3, 0.4) is 0 Å². The Bertz CT molecular complexity index is 106. The minimum Gasteiger partial charge on any atom is -0.396 e. The fourth-order valence-corrected chi connectivity index (χ4v) is 2.09. The summed E-state index contributed by atoms with van der Waals surface area (Å²) in [5, 5.41) is 8.51. The lowest BCUT2D eigenvalue weighted by molar-refractivity contribution is 0.296. The monoisotopic (exact) mass is 175 g/mol. The van der Waals surface area contributed by atoms with E-state index in [4.69, 9.17) is 10.8 Å². The van der Waals surface area contributed by atoms with Crippen molar-refractivity contribution in [3.8, 4) is 0 Å². The Hall–Kier alpha value is 0.270. The van der Waals surface area contributed by atoms with Crippen molar-refractivity contribution in [1.29, 1.82) is 0 Å². The predicted octanol–water partition coefficient (Wildman–Crippen LogP) is 0.839. The van der Waals surface area contributed by atoms with Gasteiger partial charge in [0.05, 0.1) is 0 Å². The van der Waals surface area contributed by atoms with E-state index in [1.165, 1.54) is 12.8 Å². The van der Waals surface area contributed by atoms with Crippen molar-refractivity contribution in [3.63, 3.8) is 0 Å². The van der Waals surface area contributed by atoms with Crippen LogP contribution in [0.15, 0.2) is 0 Å². The zero-order valence-electron chi connectivity index (χ0n) is 6.83. The first-order chi connectivity index (χ1) is 5.34. The average molecular weight is 175 g/mol. The molecule has 1 aliphatic rings. The van der Waals surface area contributed by atoms with Crippen molar-refractivity contribution in [2.24, 2.45) is 11.7 Å². The summed E-state index contributed by atoms with van der Waals surface area (Å²) in [7, 11) is 0. The molecule has 1 aliphatic carbocycles. The molecular weight excluding hydrogens is 158 g/mol. The predicted molar refractivity (Wildman–Crippen MR) is 49.7 cm³/mol. The highest BCUT2D eigenvalue weighted by atomic mass is 32.2. The molecule has 0 bridgehead atoms. The standard InChI is InChI=1S/C8H17NOS/c9-8(7-2-3-7)6-11-5-1-4-10/h7-8,10H,1-6,9H2. The molecular formula is C8H17NOS. The number of hydrogen-bond acceptors (Lipinski definition) is 3. The third kappa shape index (κ3) is 3.99. The van der Waals surface area contributed by atoms with E-state index in [0.717, 1.165) is 23.8 Å². The van der Waals surface area contributed by atoms with Crippen LogP contribution >= 0.6 is 11.8 Å². The lowest BCUT2D eigenvalue weighted by Gasteiger charge is -2.08. The summed E-state index contributed by atoms with van der Waals surface area (Å²) in [4.78, 5) is 0. The Balaban J connectivity index is 1.85. The molecule has 1 saturated carbocycles. The second kappa shape index (κ2) is 5.01. The molecule has 0 aromatic rings. The van der Waals surface area contributed by atoms with Crippen LogP contribution in [0.5, 0.6) is 0 Å². The zero-order chi connectivity index (χ0) is 8.10. The van der Waals surface area contributed by atoms with Gasteiger partial charge in [-0.1, -0.05) is 0 Å². The van der Waals surface area contributed by atoms with Crippen molar-refractivity contribution in [2.75, 3.05) is 18.1 Å². The molecule has 0 saturated heterocycles. The lowest BCUT2D eigenvalue weighted by atomic mass is 10.2. The topological polar surface area (TPSA) is 46.2 Å². The molecule has 0 aromatic heterocycles. The summed E-state index contributed by atoms with van der Waals surface area (Å²) in [6, 6.07) is 0.415. The summed E-state index contributed by atoms with van der Waals surface area (Å²) < 4.78 is 0. The van der Waals surface area contributed by atoms with Gasteiger partial charge in [0.1, 0.15) is 0 Å². The van der Waals surface area contributed by atoms with Gasteiger partial charge in [-0.05, 0) is 30.9 Å². The fourth-order valence-electron chi connectivity index (χ4n) is 1.05. The van der Waals surface area contributed by atoms with Crippen LogP contribution in [0.2, 0.25) is 0 Å². The zero-order valence-corrected chi connectivity index (χ0v) is 7.65. The van der Waals surface area contributed by atoms with Crippen LogP contribution in [0.4, 0.5) is 0 Å². The van der Waals surface area contributed by atoms with Crippen molar-refractivity contribution in [1.82, 2.24) is 0 Å². The molecule has 0 heterocycles. The number of rotatable bonds is 6. The first-order valence-electron chi connectivity index (χ1n) is 4.28. The van der Waals surface area contributed by atoms with Gasteiger partial charge in [-0.15, -0.1) is 0 Å². The number of nitrogens with two attached hydrogens (primary N) is 1. The first kappa shape index (κ1) is 9.36. The summed E-state index contributed by atoms with van der Waals surface area (Å²) in [5.74, 6) is 2.94. The van der Waals surface area contributed by atoms with E-state index >= 15 is 0 Å². The molecule has 0 aromatic carbocycles. The van der Waals surface area contributed by atoms with Gasteiger partial charge in [-0.2, -0.15) is 11.8 Å². The molecule has 1 fully saturated rings. The maximum absolute atomic E-state index is 8.51. The van der Waals surface area contributed by atoms with Crippen LogP contribution in [0.25, 0.3) is 0 Å². The molecule has 1 atom stereocenters. The van der Waals surface area contributed by atoms with E-state index in [-0.39, 0.29) is 0 Å². The second-order valence-corrected chi connectivity index (χ2v) is 4.30. The van der Waals surface area contributed by atoms with Crippen LogP contribution in [-0.2, 0) is 0 Å². The summed E-state index contributed by atoms with van der Waals surface area (Å²) >= 11 is 1.87. The molecule has 2 nitrogen and oxygen atoms in total. The van der Waals surface area contributed by atoms with E-state index in [1.54, 1.807) is 0 Å². The number of hydrogen-bond donors (Lipinski definition) is 2. The quantitative estimate of drug-likeness (QED) is 0.588. The maximum atomic E-state index is 8.51. The summed E-state index contributed by atoms with van der Waals surface area (Å²) in [6.45, 7) is 0.311. The largest absolute Gasteiger partial charge is 0.396 e. The van der Waals surface area contributed by atoms with Crippen molar-refractivity contribution >= 4 is 11.8 Å². The molecule has 1 rings (SSSR count). The van der Waals surface area contributed by atoms with E-state index in [1.807, 2.05) is 11.8 Å². The third-order valence-electron chi connectivity index (χ3n) is 1.98. The third-order valence-corrected chi connectivity index (χ3v) is 3.18. The molecule has 0 radical (unpaired) electrons. The Labute approximate surface area is 72.5 Å². The Kier molecular flexibility index (Phi) is 4.26. The minimum absolute atomic E-state index is 0.311. The van der Waals surface area contributed by atoms with Gasteiger partial charge in [0.15, 0.2) is 0 Å². The smallest absolute Gasteiger partial charge is 0.0438 e. The van der Waals surface area contributed by atoms with E-state index < -0.39 is 0 Å². The Morgan fingerprint density at radius 3 is 2.82 bits per heavy atom. The maximum Gasteiger partial charge on any atom is 0.0438 e. The van der Waals surface area contributed by atoms with Crippen LogP contribution in [-0.4, -0.2) is 29.3 Å².